The third-order valence-corrected chi connectivity index (χ3v) is 7.64. The van der Waals surface area contributed by atoms with E-state index >= 15 is 0 Å². The number of anilines is 1. The number of para-hydroxylation sites is 1. The number of thiazole rings is 1. The number of halogens is 1. The lowest BCUT2D eigenvalue weighted by Crippen LogP contribution is -2.40. The summed E-state index contributed by atoms with van der Waals surface area (Å²) in [6, 6.07) is 14.1. The first-order chi connectivity index (χ1) is 17.2. The predicted octanol–water partition coefficient (Wildman–Crippen LogP) is 3.88. The molecule has 0 radical (unpaired) electrons. The van der Waals surface area contributed by atoms with E-state index in [9.17, 15) is 9.59 Å². The number of nitrogens with one attached hydrogen (secondary N) is 1. The van der Waals surface area contributed by atoms with Crippen LogP contribution in [0.3, 0.4) is 0 Å². The van der Waals surface area contributed by atoms with Crippen molar-refractivity contribution < 1.29 is 4.79 Å². The van der Waals surface area contributed by atoms with Gasteiger partial charge in [-0.2, -0.15) is 5.10 Å². The number of fused-ring (bicyclic) bond motifs is 1. The van der Waals surface area contributed by atoms with Crippen molar-refractivity contribution in [2.75, 3.05) is 5.32 Å². The van der Waals surface area contributed by atoms with Gasteiger partial charge in [-0.05, 0) is 56.2 Å². The van der Waals surface area contributed by atoms with Gasteiger partial charge in [0.2, 0.25) is 0 Å². The lowest BCUT2D eigenvalue weighted by atomic mass is 9.95. The van der Waals surface area contributed by atoms with Crippen molar-refractivity contribution in [1.29, 1.82) is 0 Å². The number of benzene rings is 2. The molecule has 182 valence electrons. The second kappa shape index (κ2) is 9.37. The number of hydrogen-bond acceptors (Lipinski definition) is 5. The molecule has 1 N–H and O–H groups in total. The zero-order chi connectivity index (χ0) is 25.6. The van der Waals surface area contributed by atoms with E-state index in [2.05, 4.69) is 15.4 Å². The zero-order valence-corrected chi connectivity index (χ0v) is 21.8. The fourth-order valence-corrected chi connectivity index (χ4v) is 5.44. The third kappa shape index (κ3) is 4.23. The average Bonchev–Trinajstić information content (AvgIpc) is 3.33. The number of aromatic nitrogens is 3. The first-order valence-corrected chi connectivity index (χ1v) is 12.6. The van der Waals surface area contributed by atoms with Crippen LogP contribution in [-0.2, 0) is 11.8 Å². The van der Waals surface area contributed by atoms with E-state index in [4.69, 9.17) is 11.6 Å². The van der Waals surface area contributed by atoms with Gasteiger partial charge < -0.3 is 5.32 Å². The molecular weight excluding hydrogens is 494 g/mol. The van der Waals surface area contributed by atoms with Crippen molar-refractivity contribution in [2.45, 2.75) is 26.8 Å². The highest BCUT2D eigenvalue weighted by molar-refractivity contribution is 7.07. The Labute approximate surface area is 216 Å². The summed E-state index contributed by atoms with van der Waals surface area (Å²) in [5.74, 6) is -0.303. The molecule has 4 aromatic rings. The monoisotopic (exact) mass is 517 g/mol. The number of rotatable bonds is 4. The number of carbonyl (C=O) groups excluding carboxylic acids is 1. The Kier molecular flexibility index (Phi) is 6.24. The molecule has 1 amide bonds. The Balaban J connectivity index is 1.69. The fraction of sp³-hybridized carbons (Fsp3) is 0.185. The van der Waals surface area contributed by atoms with Crippen LogP contribution in [0.1, 0.15) is 35.3 Å². The topological polar surface area (TPSA) is 81.3 Å². The van der Waals surface area contributed by atoms with Gasteiger partial charge >= 0.3 is 0 Å². The van der Waals surface area contributed by atoms with Gasteiger partial charge in [0, 0.05) is 29.0 Å². The normalized spacial score (nSPS) is 15.6. The van der Waals surface area contributed by atoms with Gasteiger partial charge in [0.15, 0.2) is 4.80 Å². The molecule has 3 heterocycles. The molecule has 0 bridgehead atoms. The van der Waals surface area contributed by atoms with Gasteiger partial charge in [0.25, 0.3) is 11.5 Å². The summed E-state index contributed by atoms with van der Waals surface area (Å²) >= 11 is 7.46. The highest BCUT2D eigenvalue weighted by Crippen LogP contribution is 2.31. The summed E-state index contributed by atoms with van der Waals surface area (Å²) in [5, 5.41) is 7.86. The van der Waals surface area contributed by atoms with Crippen molar-refractivity contribution >= 4 is 40.6 Å². The van der Waals surface area contributed by atoms with Crippen LogP contribution < -0.4 is 20.2 Å². The Morgan fingerprint density at radius 3 is 2.50 bits per heavy atom. The highest BCUT2D eigenvalue weighted by atomic mass is 35.5. The summed E-state index contributed by atoms with van der Waals surface area (Å²) in [7, 11) is 1.86. The number of amides is 1. The molecule has 1 aliphatic rings. The van der Waals surface area contributed by atoms with Gasteiger partial charge in [-0.3, -0.25) is 18.8 Å². The second-order valence-electron chi connectivity index (χ2n) is 8.71. The molecule has 36 heavy (non-hydrogen) atoms. The Bertz CT molecular complexity index is 1710. The van der Waals surface area contributed by atoms with Crippen LogP contribution in [0.5, 0.6) is 0 Å². The largest absolute Gasteiger partial charge is 0.322 e. The Morgan fingerprint density at radius 2 is 1.83 bits per heavy atom. The highest BCUT2D eigenvalue weighted by Gasteiger charge is 2.32. The molecule has 2 aromatic carbocycles. The van der Waals surface area contributed by atoms with Crippen molar-refractivity contribution in [3.63, 3.8) is 0 Å². The van der Waals surface area contributed by atoms with Crippen molar-refractivity contribution in [1.82, 2.24) is 14.3 Å². The summed E-state index contributed by atoms with van der Waals surface area (Å²) in [4.78, 5) is 32.6. The van der Waals surface area contributed by atoms with Crippen LogP contribution in [0, 0.1) is 13.8 Å². The van der Waals surface area contributed by atoms with E-state index in [0.717, 1.165) is 22.4 Å². The molecule has 0 saturated carbocycles. The Morgan fingerprint density at radius 1 is 1.11 bits per heavy atom. The number of aryl methyl sites for hydroxylation is 2. The van der Waals surface area contributed by atoms with E-state index in [1.54, 1.807) is 34.5 Å². The maximum atomic E-state index is 13.7. The maximum Gasteiger partial charge on any atom is 0.271 e. The van der Waals surface area contributed by atoms with Crippen LogP contribution >= 0.6 is 22.9 Å². The summed E-state index contributed by atoms with van der Waals surface area (Å²) in [6.45, 7) is 5.69. The first kappa shape index (κ1) is 24.0. The van der Waals surface area contributed by atoms with Crippen LogP contribution in [-0.4, -0.2) is 20.3 Å². The van der Waals surface area contributed by atoms with E-state index in [-0.39, 0.29) is 11.5 Å². The molecule has 1 aliphatic heterocycles. The SMILES string of the molecule is CC1=C(C(=O)Nc2ccccc2C)C(c2ccc(Cl)cc2)n2c(s/c(=C/c3cnn(C)c3C)c2=O)=N1. The second-order valence-corrected chi connectivity index (χ2v) is 10.2. The van der Waals surface area contributed by atoms with Crippen LogP contribution in [0.2, 0.25) is 5.02 Å². The smallest absolute Gasteiger partial charge is 0.271 e. The average molecular weight is 518 g/mol. The summed E-state index contributed by atoms with van der Waals surface area (Å²) < 4.78 is 3.89. The van der Waals surface area contributed by atoms with Gasteiger partial charge in [-0.1, -0.05) is 53.3 Å². The van der Waals surface area contributed by atoms with Gasteiger partial charge in [-0.15, -0.1) is 0 Å². The lowest BCUT2D eigenvalue weighted by Gasteiger charge is -2.25. The molecule has 1 atom stereocenters. The molecule has 1 unspecified atom stereocenters. The number of nitrogens with zero attached hydrogens (tertiary/aromatic N) is 4. The van der Waals surface area contributed by atoms with E-state index < -0.39 is 6.04 Å². The van der Waals surface area contributed by atoms with E-state index in [1.807, 2.05) is 63.4 Å². The first-order valence-electron chi connectivity index (χ1n) is 11.4. The Hall–Kier alpha value is -3.75. The molecule has 2 aromatic heterocycles. The third-order valence-electron chi connectivity index (χ3n) is 6.41. The molecule has 0 aliphatic carbocycles. The molecule has 0 saturated heterocycles. The molecule has 5 rings (SSSR count). The van der Waals surface area contributed by atoms with Crippen molar-refractivity contribution in [2.24, 2.45) is 12.0 Å². The van der Waals surface area contributed by atoms with Crippen molar-refractivity contribution in [3.8, 4) is 0 Å². The molecule has 9 heteroatoms. The lowest BCUT2D eigenvalue weighted by molar-refractivity contribution is -0.113. The minimum absolute atomic E-state index is 0.212. The molecule has 0 fully saturated rings. The molecule has 0 spiro atoms. The quantitative estimate of drug-likeness (QED) is 0.446. The number of allylic oxidation sites excluding steroid dienone is 1. The summed E-state index contributed by atoms with van der Waals surface area (Å²) in [5.41, 5.74) is 5.00. The number of carbonyl (C=O) groups is 1. The van der Waals surface area contributed by atoms with E-state index in [1.165, 1.54) is 11.3 Å². The van der Waals surface area contributed by atoms with Gasteiger partial charge in [-0.25, -0.2) is 4.99 Å². The minimum Gasteiger partial charge on any atom is -0.322 e. The summed E-state index contributed by atoms with van der Waals surface area (Å²) in [6.07, 6.45) is 3.56. The van der Waals surface area contributed by atoms with Crippen LogP contribution in [0.15, 0.2) is 75.8 Å². The molecule has 7 nitrogen and oxygen atoms in total. The maximum absolute atomic E-state index is 13.7. The standard InChI is InChI=1S/C27H24ClN5O2S/c1-15-7-5-6-8-21(15)31-25(34)23-16(2)30-27-33(24(23)18-9-11-20(28)12-10-18)26(35)22(36-27)13-19-14-29-32(4)17(19)3/h5-14,24H,1-4H3,(H,31,34)/b22-13+. The van der Waals surface area contributed by atoms with Crippen molar-refractivity contribution in [3.05, 3.63) is 113 Å². The van der Waals surface area contributed by atoms with Crippen LogP contribution in [0.25, 0.3) is 6.08 Å². The minimum atomic E-state index is -0.653. The number of hydrogen-bond donors (Lipinski definition) is 1. The van der Waals surface area contributed by atoms with Gasteiger partial charge in [0.05, 0.1) is 28.0 Å². The molecular formula is C27H24ClN5O2S. The fourth-order valence-electron chi connectivity index (χ4n) is 4.27. The van der Waals surface area contributed by atoms with Crippen LogP contribution in [0.4, 0.5) is 5.69 Å². The zero-order valence-electron chi connectivity index (χ0n) is 20.2. The van der Waals surface area contributed by atoms with E-state index in [0.29, 0.717) is 31.3 Å². The van der Waals surface area contributed by atoms with Gasteiger partial charge in [0.1, 0.15) is 0 Å². The predicted molar refractivity (Wildman–Crippen MR) is 143 cm³/mol.